The van der Waals surface area contributed by atoms with Crippen molar-refractivity contribution in [3.05, 3.63) is 29.8 Å². The van der Waals surface area contributed by atoms with Gasteiger partial charge in [0.2, 0.25) is 0 Å². The maximum absolute atomic E-state index is 11.6. The van der Waals surface area contributed by atoms with Crippen LogP contribution in [0.5, 0.6) is 5.75 Å². The number of hydrogen-bond donors (Lipinski definition) is 2. The molecule has 0 aliphatic carbocycles. The lowest BCUT2D eigenvalue weighted by Gasteiger charge is -2.12. The first-order valence-corrected chi connectivity index (χ1v) is 7.28. The Labute approximate surface area is 125 Å². The molecule has 1 atom stereocenters. The van der Waals surface area contributed by atoms with Crippen molar-refractivity contribution in [1.29, 1.82) is 0 Å². The van der Waals surface area contributed by atoms with E-state index in [0.717, 1.165) is 12.8 Å². The molecule has 0 spiro atoms. The van der Waals surface area contributed by atoms with Gasteiger partial charge in [-0.25, -0.2) is 0 Å². The average molecular weight is 293 g/mol. The number of carbonyl (C=O) groups is 2. The summed E-state index contributed by atoms with van der Waals surface area (Å²) in [5.41, 5.74) is 1.20. The molecule has 1 rings (SSSR count). The van der Waals surface area contributed by atoms with Gasteiger partial charge in [0.05, 0.1) is 5.92 Å². The lowest BCUT2D eigenvalue weighted by molar-refractivity contribution is -0.142. The Morgan fingerprint density at radius 3 is 2.43 bits per heavy atom. The monoisotopic (exact) mass is 293 g/mol. The Hall–Kier alpha value is -2.04. The second-order valence-corrected chi connectivity index (χ2v) is 4.91. The van der Waals surface area contributed by atoms with E-state index in [1.807, 2.05) is 31.2 Å². The quantitative estimate of drug-likeness (QED) is 0.732. The topological polar surface area (TPSA) is 75.6 Å². The van der Waals surface area contributed by atoms with Crippen LogP contribution < -0.4 is 10.1 Å². The summed E-state index contributed by atoms with van der Waals surface area (Å²) >= 11 is 0. The fourth-order valence-electron chi connectivity index (χ4n) is 1.92. The second kappa shape index (κ2) is 9.00. The molecular weight excluding hydrogens is 270 g/mol. The molecule has 0 fully saturated rings. The van der Waals surface area contributed by atoms with Crippen LogP contribution in [0, 0.1) is 5.92 Å². The van der Waals surface area contributed by atoms with Gasteiger partial charge in [-0.3, -0.25) is 9.59 Å². The molecule has 0 bridgehead atoms. The van der Waals surface area contributed by atoms with Crippen LogP contribution in [0.25, 0.3) is 0 Å². The van der Waals surface area contributed by atoms with Gasteiger partial charge in [0, 0.05) is 6.54 Å². The molecule has 0 aliphatic heterocycles. The first-order chi connectivity index (χ1) is 10.1. The highest BCUT2D eigenvalue weighted by Gasteiger charge is 2.17. The largest absolute Gasteiger partial charge is 0.484 e. The van der Waals surface area contributed by atoms with Gasteiger partial charge in [-0.15, -0.1) is 0 Å². The Morgan fingerprint density at radius 2 is 1.90 bits per heavy atom. The number of hydrogen-bond acceptors (Lipinski definition) is 3. The van der Waals surface area contributed by atoms with Crippen molar-refractivity contribution in [1.82, 2.24) is 5.32 Å². The zero-order valence-corrected chi connectivity index (χ0v) is 12.6. The zero-order chi connectivity index (χ0) is 15.7. The number of benzene rings is 1. The van der Waals surface area contributed by atoms with Crippen molar-refractivity contribution in [2.24, 2.45) is 5.92 Å². The van der Waals surface area contributed by atoms with E-state index in [0.29, 0.717) is 12.2 Å². The van der Waals surface area contributed by atoms with Crippen molar-refractivity contribution >= 4 is 11.9 Å². The van der Waals surface area contributed by atoms with E-state index < -0.39 is 11.9 Å². The number of carboxylic acid groups (broad SMARTS) is 1. The molecule has 1 aromatic carbocycles. The molecule has 0 saturated carbocycles. The maximum atomic E-state index is 11.6. The Kier molecular flexibility index (Phi) is 7.29. The Bertz CT molecular complexity index is 456. The van der Waals surface area contributed by atoms with Gasteiger partial charge >= 0.3 is 5.97 Å². The van der Waals surface area contributed by atoms with Crippen LogP contribution in [0.4, 0.5) is 0 Å². The number of carbonyl (C=O) groups excluding carboxylic acids is 1. The molecule has 1 amide bonds. The van der Waals surface area contributed by atoms with E-state index in [2.05, 4.69) is 12.2 Å². The van der Waals surface area contributed by atoms with Crippen molar-refractivity contribution in [3.63, 3.8) is 0 Å². The van der Waals surface area contributed by atoms with Crippen LogP contribution in [0.3, 0.4) is 0 Å². The molecule has 0 aromatic heterocycles. The fourth-order valence-corrected chi connectivity index (χ4v) is 1.92. The van der Waals surface area contributed by atoms with Crippen molar-refractivity contribution in [2.45, 2.75) is 33.1 Å². The van der Waals surface area contributed by atoms with Crippen LogP contribution >= 0.6 is 0 Å². The van der Waals surface area contributed by atoms with Gasteiger partial charge in [-0.05, 0) is 30.5 Å². The number of amides is 1. The van der Waals surface area contributed by atoms with E-state index in [1.165, 1.54) is 5.56 Å². The second-order valence-electron chi connectivity index (χ2n) is 4.91. The molecule has 0 heterocycles. The maximum Gasteiger partial charge on any atom is 0.308 e. The zero-order valence-electron chi connectivity index (χ0n) is 12.6. The molecule has 21 heavy (non-hydrogen) atoms. The summed E-state index contributed by atoms with van der Waals surface area (Å²) < 4.78 is 5.36. The molecule has 0 radical (unpaired) electrons. The van der Waals surface area contributed by atoms with Gasteiger partial charge in [-0.2, -0.15) is 0 Å². The highest BCUT2D eigenvalue weighted by atomic mass is 16.5. The van der Waals surface area contributed by atoms with Crippen LogP contribution in [0.2, 0.25) is 0 Å². The summed E-state index contributed by atoms with van der Waals surface area (Å²) in [6, 6.07) is 7.55. The van der Waals surface area contributed by atoms with E-state index in [-0.39, 0.29) is 19.1 Å². The summed E-state index contributed by atoms with van der Waals surface area (Å²) in [5.74, 6) is -1.10. The van der Waals surface area contributed by atoms with Gasteiger partial charge < -0.3 is 15.2 Å². The first kappa shape index (κ1) is 17.0. The van der Waals surface area contributed by atoms with Gasteiger partial charge in [0.25, 0.3) is 5.91 Å². The van der Waals surface area contributed by atoms with Crippen LogP contribution in [-0.2, 0) is 16.0 Å². The summed E-state index contributed by atoms with van der Waals surface area (Å²) in [6.07, 6.45) is 2.27. The molecule has 0 saturated heterocycles. The number of aryl methyl sites for hydroxylation is 1. The lowest BCUT2D eigenvalue weighted by atomic mass is 10.0. The first-order valence-electron chi connectivity index (χ1n) is 7.28. The number of rotatable bonds is 9. The molecular formula is C16H23NO4. The third-order valence-electron chi connectivity index (χ3n) is 3.23. The van der Waals surface area contributed by atoms with Crippen molar-refractivity contribution in [3.8, 4) is 5.75 Å². The molecule has 5 heteroatoms. The SMILES string of the molecule is CCCC(CNC(=O)COc1ccc(CC)cc1)C(=O)O. The predicted molar refractivity (Wildman–Crippen MR) is 80.4 cm³/mol. The average Bonchev–Trinajstić information content (AvgIpc) is 2.49. The van der Waals surface area contributed by atoms with Crippen molar-refractivity contribution < 1.29 is 19.4 Å². The Morgan fingerprint density at radius 1 is 1.24 bits per heavy atom. The summed E-state index contributed by atoms with van der Waals surface area (Å²) in [6.45, 7) is 4.02. The van der Waals surface area contributed by atoms with E-state index in [4.69, 9.17) is 9.84 Å². The minimum absolute atomic E-state index is 0.107. The van der Waals surface area contributed by atoms with Gasteiger partial charge in [0.15, 0.2) is 6.61 Å². The van der Waals surface area contributed by atoms with Crippen molar-refractivity contribution in [2.75, 3.05) is 13.2 Å². The highest BCUT2D eigenvalue weighted by molar-refractivity contribution is 5.78. The molecule has 0 aliphatic rings. The Balaban J connectivity index is 2.34. The number of nitrogens with one attached hydrogen (secondary N) is 1. The van der Waals surface area contributed by atoms with E-state index >= 15 is 0 Å². The smallest absolute Gasteiger partial charge is 0.308 e. The van der Waals surface area contributed by atoms with Crippen LogP contribution in [0.1, 0.15) is 32.3 Å². The van der Waals surface area contributed by atoms with E-state index in [9.17, 15) is 9.59 Å². The predicted octanol–water partition coefficient (Wildman–Crippen LogP) is 2.24. The number of carboxylic acids is 1. The highest BCUT2D eigenvalue weighted by Crippen LogP contribution is 2.12. The minimum atomic E-state index is -0.881. The molecule has 116 valence electrons. The molecule has 2 N–H and O–H groups in total. The minimum Gasteiger partial charge on any atom is -0.484 e. The van der Waals surface area contributed by atoms with E-state index in [1.54, 1.807) is 0 Å². The summed E-state index contributed by atoms with van der Waals surface area (Å²) in [7, 11) is 0. The number of ether oxygens (including phenoxy) is 1. The molecule has 5 nitrogen and oxygen atoms in total. The van der Waals surface area contributed by atoms with Gasteiger partial charge in [0.1, 0.15) is 5.75 Å². The third-order valence-corrected chi connectivity index (χ3v) is 3.23. The molecule has 1 aromatic rings. The summed E-state index contributed by atoms with van der Waals surface area (Å²) in [4.78, 5) is 22.6. The lowest BCUT2D eigenvalue weighted by Crippen LogP contribution is -2.35. The summed E-state index contributed by atoms with van der Waals surface area (Å²) in [5, 5.41) is 11.6. The van der Waals surface area contributed by atoms with Crippen LogP contribution in [-0.4, -0.2) is 30.1 Å². The standard InChI is InChI=1S/C16H23NO4/c1-3-5-13(16(19)20)10-17-15(18)11-21-14-8-6-12(4-2)7-9-14/h6-9,13H,3-5,10-11H2,1-2H3,(H,17,18)(H,19,20). The fraction of sp³-hybridized carbons (Fsp3) is 0.500. The normalized spacial score (nSPS) is 11.7. The third kappa shape index (κ3) is 6.29. The van der Waals surface area contributed by atoms with Crippen LogP contribution in [0.15, 0.2) is 24.3 Å². The molecule has 1 unspecified atom stereocenters. The van der Waals surface area contributed by atoms with Gasteiger partial charge in [-0.1, -0.05) is 32.4 Å². The number of aliphatic carboxylic acids is 1.